The monoisotopic (exact) mass is 285 g/mol. The molecule has 0 saturated carbocycles. The van der Waals surface area contributed by atoms with E-state index in [1.165, 1.54) is 6.20 Å². The highest BCUT2D eigenvalue weighted by Crippen LogP contribution is 2.29. The molecule has 2 heterocycles. The number of hydrogen-bond acceptors (Lipinski definition) is 4. The van der Waals surface area contributed by atoms with Crippen LogP contribution in [-0.4, -0.2) is 25.8 Å². The molecule has 0 radical (unpaired) electrons. The average molecular weight is 285 g/mol. The van der Waals surface area contributed by atoms with Gasteiger partial charge in [0.1, 0.15) is 0 Å². The van der Waals surface area contributed by atoms with Gasteiger partial charge in [0.2, 0.25) is 0 Å². The van der Waals surface area contributed by atoms with E-state index in [2.05, 4.69) is 15.2 Å². The zero-order chi connectivity index (χ0) is 14.9. The van der Waals surface area contributed by atoms with Gasteiger partial charge in [0.05, 0.1) is 17.3 Å². The third kappa shape index (κ3) is 2.42. The molecule has 0 spiro atoms. The molecule has 0 aliphatic rings. The number of nitrogens with two attached hydrogens (primary N) is 1. The Balaban J connectivity index is 2.59. The van der Waals surface area contributed by atoms with Crippen molar-refractivity contribution in [3.8, 4) is 5.82 Å². The Morgan fingerprint density at radius 3 is 2.70 bits per heavy atom. The zero-order valence-corrected chi connectivity index (χ0v) is 10.3. The van der Waals surface area contributed by atoms with E-state index in [0.717, 1.165) is 10.9 Å². The Hall–Kier alpha value is -2.58. The van der Waals surface area contributed by atoms with E-state index in [1.807, 2.05) is 0 Å². The van der Waals surface area contributed by atoms with Crippen LogP contribution in [0, 0.1) is 6.92 Å². The number of halogens is 3. The first-order valence-corrected chi connectivity index (χ1v) is 5.40. The molecule has 9 heteroatoms. The van der Waals surface area contributed by atoms with Crippen LogP contribution < -0.4 is 5.73 Å². The second-order valence-corrected chi connectivity index (χ2v) is 3.98. The van der Waals surface area contributed by atoms with Gasteiger partial charge in [-0.15, -0.1) is 0 Å². The molecule has 0 fully saturated rings. The number of alkyl halides is 3. The highest BCUT2D eigenvalue weighted by Gasteiger charge is 2.32. The van der Waals surface area contributed by atoms with Gasteiger partial charge in [-0.2, -0.15) is 18.3 Å². The van der Waals surface area contributed by atoms with Crippen LogP contribution in [0.1, 0.15) is 16.7 Å². The lowest BCUT2D eigenvalue weighted by atomic mass is 10.1. The van der Waals surface area contributed by atoms with Gasteiger partial charge in [-0.1, -0.05) is 5.16 Å². The fourth-order valence-electron chi connectivity index (χ4n) is 1.67. The molecule has 2 rings (SSSR count). The fraction of sp³-hybridized carbons (Fsp3) is 0.182. The minimum atomic E-state index is -4.50. The van der Waals surface area contributed by atoms with Crippen LogP contribution in [0.5, 0.6) is 0 Å². The summed E-state index contributed by atoms with van der Waals surface area (Å²) >= 11 is 0. The number of oxime groups is 1. The molecule has 0 unspecified atom stereocenters. The number of aryl methyl sites for hydroxylation is 1. The van der Waals surface area contributed by atoms with Crippen LogP contribution in [0.2, 0.25) is 0 Å². The molecule has 0 saturated heterocycles. The van der Waals surface area contributed by atoms with Crippen molar-refractivity contribution in [1.29, 1.82) is 0 Å². The molecule has 0 amide bonds. The van der Waals surface area contributed by atoms with Crippen LogP contribution in [0.25, 0.3) is 5.82 Å². The molecule has 0 aromatic carbocycles. The summed E-state index contributed by atoms with van der Waals surface area (Å²) in [4.78, 5) is 3.94. The van der Waals surface area contributed by atoms with Crippen molar-refractivity contribution in [2.24, 2.45) is 10.9 Å². The molecule has 0 aliphatic heterocycles. The topological polar surface area (TPSA) is 89.3 Å². The molecule has 0 atom stereocenters. The van der Waals surface area contributed by atoms with Crippen molar-refractivity contribution in [3.05, 3.63) is 41.3 Å². The predicted octanol–water partition coefficient (Wildman–Crippen LogP) is 1.69. The summed E-state index contributed by atoms with van der Waals surface area (Å²) in [6.45, 7) is 1.66. The lowest BCUT2D eigenvalue weighted by molar-refractivity contribution is -0.137. The molecule has 0 bridgehead atoms. The maximum absolute atomic E-state index is 12.6. The summed E-state index contributed by atoms with van der Waals surface area (Å²) < 4.78 is 38.6. The number of aromatic nitrogens is 3. The Morgan fingerprint density at radius 1 is 1.45 bits per heavy atom. The molecular weight excluding hydrogens is 275 g/mol. The van der Waals surface area contributed by atoms with Gasteiger partial charge in [-0.3, -0.25) is 0 Å². The van der Waals surface area contributed by atoms with Crippen molar-refractivity contribution in [2.75, 3.05) is 0 Å². The number of pyridine rings is 1. The quantitative estimate of drug-likeness (QED) is 0.380. The summed E-state index contributed by atoms with van der Waals surface area (Å²) in [7, 11) is 0. The van der Waals surface area contributed by atoms with Crippen molar-refractivity contribution < 1.29 is 18.4 Å². The molecule has 106 valence electrons. The van der Waals surface area contributed by atoms with Gasteiger partial charge in [-0.05, 0) is 18.6 Å². The first-order valence-electron chi connectivity index (χ1n) is 5.40. The molecule has 6 nitrogen and oxygen atoms in total. The van der Waals surface area contributed by atoms with Gasteiger partial charge in [0, 0.05) is 12.4 Å². The van der Waals surface area contributed by atoms with Gasteiger partial charge < -0.3 is 10.9 Å². The van der Waals surface area contributed by atoms with Crippen LogP contribution in [0.15, 0.2) is 29.8 Å². The van der Waals surface area contributed by atoms with Crippen molar-refractivity contribution in [1.82, 2.24) is 14.8 Å². The van der Waals surface area contributed by atoms with E-state index >= 15 is 0 Å². The standard InChI is InChI=1S/C11H10F3N5O/c1-6-2-3-16-10(8(6)9(15)18-20)19-5-7(4-17-19)11(12,13)14/h2-5,20H,1H3,(H2,15,18). The number of hydrogen-bond donors (Lipinski definition) is 2. The minimum Gasteiger partial charge on any atom is -0.409 e. The molecule has 2 aromatic rings. The zero-order valence-electron chi connectivity index (χ0n) is 10.3. The van der Waals surface area contributed by atoms with E-state index in [-0.39, 0.29) is 17.2 Å². The van der Waals surface area contributed by atoms with E-state index in [0.29, 0.717) is 11.8 Å². The number of nitrogens with zero attached hydrogens (tertiary/aromatic N) is 4. The second-order valence-electron chi connectivity index (χ2n) is 3.98. The SMILES string of the molecule is Cc1ccnc(-n2cc(C(F)(F)F)cn2)c1/C(N)=N/O. The first kappa shape index (κ1) is 13.8. The van der Waals surface area contributed by atoms with Gasteiger partial charge >= 0.3 is 6.18 Å². The van der Waals surface area contributed by atoms with Crippen molar-refractivity contribution in [3.63, 3.8) is 0 Å². The Morgan fingerprint density at radius 2 is 2.15 bits per heavy atom. The van der Waals surface area contributed by atoms with Crippen LogP contribution >= 0.6 is 0 Å². The molecule has 3 N–H and O–H groups in total. The summed E-state index contributed by atoms with van der Waals surface area (Å²) in [6.07, 6.45) is -1.64. The first-order chi connectivity index (χ1) is 9.34. The summed E-state index contributed by atoms with van der Waals surface area (Å²) in [5.41, 5.74) is 5.42. The summed E-state index contributed by atoms with van der Waals surface area (Å²) in [5.74, 6) is -0.203. The Kier molecular flexibility index (Phi) is 3.35. The average Bonchev–Trinajstić information content (AvgIpc) is 2.87. The van der Waals surface area contributed by atoms with Crippen molar-refractivity contribution in [2.45, 2.75) is 13.1 Å². The molecular formula is C11H10F3N5O. The van der Waals surface area contributed by atoms with Crippen molar-refractivity contribution >= 4 is 5.84 Å². The van der Waals surface area contributed by atoms with Crippen LogP contribution in [-0.2, 0) is 6.18 Å². The smallest absolute Gasteiger partial charge is 0.409 e. The summed E-state index contributed by atoms with van der Waals surface area (Å²) in [5, 5.41) is 15.2. The van der Waals surface area contributed by atoms with E-state index in [4.69, 9.17) is 10.9 Å². The normalized spacial score (nSPS) is 12.7. The number of rotatable bonds is 2. The maximum Gasteiger partial charge on any atom is 0.419 e. The van der Waals surface area contributed by atoms with Crippen LogP contribution in [0.3, 0.4) is 0 Å². The minimum absolute atomic E-state index is 0.0517. The molecule has 0 aliphatic carbocycles. The second kappa shape index (κ2) is 4.83. The van der Waals surface area contributed by atoms with Gasteiger partial charge in [0.25, 0.3) is 0 Å². The highest BCUT2D eigenvalue weighted by atomic mass is 19.4. The maximum atomic E-state index is 12.6. The number of amidine groups is 1. The Bertz CT molecular complexity index is 662. The third-order valence-electron chi connectivity index (χ3n) is 2.63. The van der Waals surface area contributed by atoms with Gasteiger partial charge in [0.15, 0.2) is 11.7 Å². The predicted molar refractivity (Wildman–Crippen MR) is 63.6 cm³/mol. The molecule has 2 aromatic heterocycles. The van der Waals surface area contributed by atoms with E-state index in [1.54, 1.807) is 13.0 Å². The van der Waals surface area contributed by atoms with Gasteiger partial charge in [-0.25, -0.2) is 9.67 Å². The molecule has 20 heavy (non-hydrogen) atoms. The third-order valence-corrected chi connectivity index (χ3v) is 2.63. The fourth-order valence-corrected chi connectivity index (χ4v) is 1.67. The lowest BCUT2D eigenvalue weighted by Gasteiger charge is -2.09. The largest absolute Gasteiger partial charge is 0.419 e. The highest BCUT2D eigenvalue weighted by molar-refractivity contribution is 6.01. The van der Waals surface area contributed by atoms with E-state index < -0.39 is 11.7 Å². The summed E-state index contributed by atoms with van der Waals surface area (Å²) in [6, 6.07) is 1.59. The van der Waals surface area contributed by atoms with Crippen LogP contribution in [0.4, 0.5) is 13.2 Å². The van der Waals surface area contributed by atoms with E-state index in [9.17, 15) is 13.2 Å². The lowest BCUT2D eigenvalue weighted by Crippen LogP contribution is -2.19. The Labute approximate surface area is 111 Å².